The van der Waals surface area contributed by atoms with Crippen LogP contribution in [0.1, 0.15) is 48.1 Å². The molecule has 2 aromatic rings. The number of methoxy groups -OCH3 is 2. The van der Waals surface area contributed by atoms with Crippen LogP contribution in [0.5, 0.6) is 5.75 Å². The van der Waals surface area contributed by atoms with E-state index < -0.39 is 23.2 Å². The van der Waals surface area contributed by atoms with E-state index in [1.807, 2.05) is 12.1 Å². The molecule has 2 aliphatic heterocycles. The molecule has 0 bridgehead atoms. The van der Waals surface area contributed by atoms with Crippen LogP contribution in [0.4, 0.5) is 18.0 Å². The van der Waals surface area contributed by atoms with Crippen molar-refractivity contribution in [2.75, 3.05) is 47.6 Å². The predicted molar refractivity (Wildman–Crippen MR) is 157 cm³/mol. The number of benzene rings is 1. The molecule has 3 heterocycles. The third-order valence-corrected chi connectivity index (χ3v) is 9.12. The van der Waals surface area contributed by atoms with Gasteiger partial charge >= 0.3 is 12.3 Å². The van der Waals surface area contributed by atoms with Crippen LogP contribution in [-0.4, -0.2) is 92.5 Å². The zero-order valence-electron chi connectivity index (χ0n) is 25.9. The van der Waals surface area contributed by atoms with Gasteiger partial charge in [-0.05, 0) is 55.0 Å². The number of pyridine rings is 1. The van der Waals surface area contributed by atoms with Gasteiger partial charge in [-0.3, -0.25) is 9.78 Å². The summed E-state index contributed by atoms with van der Waals surface area (Å²) in [4.78, 5) is 34.7. The van der Waals surface area contributed by atoms with Crippen molar-refractivity contribution in [2.24, 2.45) is 5.41 Å². The number of carbonyl (C=O) groups excluding carboxylic acids is 2. The van der Waals surface area contributed by atoms with E-state index in [9.17, 15) is 22.8 Å². The van der Waals surface area contributed by atoms with Crippen molar-refractivity contribution < 1.29 is 41.7 Å². The molecule has 2 fully saturated rings. The Kier molecular flexibility index (Phi) is 10.2. The van der Waals surface area contributed by atoms with E-state index in [0.29, 0.717) is 62.4 Å². The maximum atomic E-state index is 14.4. The second kappa shape index (κ2) is 13.9. The molecule has 2 amide bonds. The highest BCUT2D eigenvalue weighted by molar-refractivity contribution is 5.84. The Balaban J connectivity index is 1.33. The number of nitrogens with zero attached hydrogens (tertiary/aromatic N) is 3. The number of ether oxygens (including phenoxy) is 4. The Morgan fingerprint density at radius 1 is 1.22 bits per heavy atom. The molecule has 1 N–H and O–H groups in total. The summed E-state index contributed by atoms with van der Waals surface area (Å²) in [7, 11) is 4.81. The highest BCUT2D eigenvalue weighted by Crippen LogP contribution is 2.42. The number of amides is 2. The molecule has 246 valence electrons. The average molecular weight is 635 g/mol. The maximum absolute atomic E-state index is 14.4. The minimum Gasteiger partial charge on any atom is -0.497 e. The number of alkyl halides is 3. The van der Waals surface area contributed by atoms with Crippen LogP contribution in [0.3, 0.4) is 0 Å². The standard InChI is InChI=1S/C32H41F3N4O6/c1-38(30(41)45-18-21-5-4-6-25(13-21)42-2)20-31(10-7-24(15-31)37-27-9-12-44-19-28(27)43-3)29(40)39-11-8-26-22(17-39)14-23(16-36-26)32(33,34)35/h4-6,13-14,16,24,27-28,37H,7-12,15,17-20H2,1-3H3/t24?,27?,28?,31-/m0/s1. The van der Waals surface area contributed by atoms with Crippen LogP contribution in [-0.2, 0) is 44.8 Å². The average Bonchev–Trinajstić information content (AvgIpc) is 3.45. The second-order valence-corrected chi connectivity index (χ2v) is 12.2. The van der Waals surface area contributed by atoms with Crippen LogP contribution >= 0.6 is 0 Å². The summed E-state index contributed by atoms with van der Waals surface area (Å²) in [6.07, 6.45) is -1.60. The molecule has 4 atom stereocenters. The Morgan fingerprint density at radius 3 is 2.80 bits per heavy atom. The Hall–Kier alpha value is -3.42. The number of rotatable bonds is 9. The van der Waals surface area contributed by atoms with E-state index in [1.165, 1.54) is 4.90 Å². The van der Waals surface area contributed by atoms with E-state index in [2.05, 4.69) is 10.3 Å². The Morgan fingerprint density at radius 2 is 2.04 bits per heavy atom. The molecular weight excluding hydrogens is 593 g/mol. The molecule has 1 saturated carbocycles. The van der Waals surface area contributed by atoms with E-state index in [0.717, 1.165) is 24.2 Å². The lowest BCUT2D eigenvalue weighted by molar-refractivity contribution is -0.144. The fourth-order valence-corrected chi connectivity index (χ4v) is 6.74. The fraction of sp³-hybridized carbons (Fsp3) is 0.594. The van der Waals surface area contributed by atoms with Crippen LogP contribution < -0.4 is 10.1 Å². The van der Waals surface area contributed by atoms with Crippen molar-refractivity contribution in [3.8, 4) is 5.75 Å². The van der Waals surface area contributed by atoms with Gasteiger partial charge in [-0.15, -0.1) is 0 Å². The summed E-state index contributed by atoms with van der Waals surface area (Å²) < 4.78 is 62.3. The van der Waals surface area contributed by atoms with E-state index in [1.54, 1.807) is 38.3 Å². The number of fused-ring (bicyclic) bond motifs is 1. The molecule has 0 spiro atoms. The zero-order valence-corrected chi connectivity index (χ0v) is 25.9. The highest BCUT2D eigenvalue weighted by atomic mass is 19.4. The first-order chi connectivity index (χ1) is 21.5. The molecule has 1 aromatic carbocycles. The van der Waals surface area contributed by atoms with Crippen molar-refractivity contribution in [3.05, 3.63) is 58.9 Å². The van der Waals surface area contributed by atoms with Crippen molar-refractivity contribution in [2.45, 2.75) is 69.6 Å². The largest absolute Gasteiger partial charge is 0.497 e. The normalized spacial score (nSPS) is 25.0. The lowest BCUT2D eigenvalue weighted by Gasteiger charge is -2.39. The molecule has 45 heavy (non-hydrogen) atoms. The Labute approximate surface area is 261 Å². The maximum Gasteiger partial charge on any atom is 0.417 e. The third kappa shape index (κ3) is 7.70. The van der Waals surface area contributed by atoms with Crippen LogP contribution in [0.15, 0.2) is 36.5 Å². The van der Waals surface area contributed by atoms with Gasteiger partial charge in [-0.2, -0.15) is 13.2 Å². The van der Waals surface area contributed by atoms with E-state index in [-0.39, 0.29) is 43.8 Å². The van der Waals surface area contributed by atoms with Crippen LogP contribution in [0.25, 0.3) is 0 Å². The van der Waals surface area contributed by atoms with Gasteiger partial charge in [0.1, 0.15) is 12.4 Å². The Bertz CT molecular complexity index is 1360. The van der Waals surface area contributed by atoms with Gasteiger partial charge in [0.2, 0.25) is 5.91 Å². The number of carbonyl (C=O) groups is 2. The predicted octanol–water partition coefficient (Wildman–Crippen LogP) is 4.19. The third-order valence-electron chi connectivity index (χ3n) is 9.12. The lowest BCUT2D eigenvalue weighted by Crippen LogP contribution is -2.53. The number of halogens is 3. The molecule has 5 rings (SSSR count). The quantitative estimate of drug-likeness (QED) is 0.438. The van der Waals surface area contributed by atoms with Crippen molar-refractivity contribution in [1.82, 2.24) is 20.1 Å². The zero-order chi connectivity index (χ0) is 32.2. The van der Waals surface area contributed by atoms with Gasteiger partial charge in [0.25, 0.3) is 0 Å². The van der Waals surface area contributed by atoms with Gasteiger partial charge in [0.15, 0.2) is 0 Å². The minimum atomic E-state index is -4.53. The van der Waals surface area contributed by atoms with E-state index in [4.69, 9.17) is 18.9 Å². The topological polar surface area (TPSA) is 102 Å². The summed E-state index contributed by atoms with van der Waals surface area (Å²) >= 11 is 0. The SMILES string of the molecule is COc1cccc(COC(=O)N(C)C[C@]2(C(=O)N3CCc4ncc(C(F)(F)F)cc4C3)CCC(NC3CCOCC3OC)C2)c1. The number of hydrogen-bond acceptors (Lipinski definition) is 8. The molecule has 1 saturated heterocycles. The first-order valence-corrected chi connectivity index (χ1v) is 15.2. The first kappa shape index (κ1) is 33.0. The smallest absolute Gasteiger partial charge is 0.417 e. The first-order valence-electron chi connectivity index (χ1n) is 15.2. The summed E-state index contributed by atoms with van der Waals surface area (Å²) in [5.41, 5.74) is -0.0752. The number of hydrogen-bond donors (Lipinski definition) is 1. The highest BCUT2D eigenvalue weighted by Gasteiger charge is 2.49. The monoisotopic (exact) mass is 634 g/mol. The summed E-state index contributed by atoms with van der Waals surface area (Å²) in [6.45, 7) is 1.59. The van der Waals surface area contributed by atoms with Crippen molar-refractivity contribution in [3.63, 3.8) is 0 Å². The van der Waals surface area contributed by atoms with Crippen molar-refractivity contribution in [1.29, 1.82) is 0 Å². The molecule has 1 aliphatic carbocycles. The van der Waals surface area contributed by atoms with Crippen LogP contribution in [0, 0.1) is 5.41 Å². The van der Waals surface area contributed by atoms with E-state index >= 15 is 0 Å². The van der Waals surface area contributed by atoms with Gasteiger partial charge < -0.3 is 34.1 Å². The molecule has 3 unspecified atom stereocenters. The molecule has 3 aliphatic rings. The van der Waals surface area contributed by atoms with Crippen molar-refractivity contribution >= 4 is 12.0 Å². The molecule has 13 heteroatoms. The molecule has 1 aromatic heterocycles. The summed E-state index contributed by atoms with van der Waals surface area (Å²) in [5.74, 6) is 0.462. The summed E-state index contributed by atoms with van der Waals surface area (Å²) in [5, 5.41) is 3.67. The van der Waals surface area contributed by atoms with Gasteiger partial charge in [0, 0.05) is 70.8 Å². The van der Waals surface area contributed by atoms with Gasteiger partial charge in [-0.25, -0.2) is 4.79 Å². The molecule has 0 radical (unpaired) electrons. The molecular formula is C32H41F3N4O6. The number of aromatic nitrogens is 1. The molecule has 10 nitrogen and oxygen atoms in total. The second-order valence-electron chi connectivity index (χ2n) is 12.2. The van der Waals surface area contributed by atoms with Gasteiger partial charge in [-0.1, -0.05) is 12.1 Å². The minimum absolute atomic E-state index is 0.0218. The van der Waals surface area contributed by atoms with Gasteiger partial charge in [0.05, 0.1) is 30.8 Å². The number of nitrogens with one attached hydrogen (secondary N) is 1. The van der Waals surface area contributed by atoms with Crippen LogP contribution in [0.2, 0.25) is 0 Å². The summed E-state index contributed by atoms with van der Waals surface area (Å²) in [6, 6.07) is 8.33. The lowest BCUT2D eigenvalue weighted by atomic mass is 9.82. The fourth-order valence-electron chi connectivity index (χ4n) is 6.74.